The summed E-state index contributed by atoms with van der Waals surface area (Å²) < 4.78 is 11.4. The van der Waals surface area contributed by atoms with Crippen LogP contribution in [0.3, 0.4) is 0 Å². The van der Waals surface area contributed by atoms with Crippen LogP contribution in [0.2, 0.25) is 0 Å². The Labute approximate surface area is 132 Å². The first-order valence-electron chi connectivity index (χ1n) is 7.36. The van der Waals surface area contributed by atoms with Crippen molar-refractivity contribution < 1.29 is 9.15 Å². The van der Waals surface area contributed by atoms with Gasteiger partial charge in [0.1, 0.15) is 18.6 Å². The highest BCUT2D eigenvalue weighted by Gasteiger charge is 2.12. The standard InChI is InChI=1S/C15H18N4O4/c1-22-14-10-23-12(7-13(14)20)9-19-15(21)6-11(8-17-19)18-4-2-16-3-5-18/h6-8,10,16H,2-5,9H2,1H3. The maximum atomic E-state index is 12.2. The Bertz CT molecular complexity index is 793. The first kappa shape index (κ1) is 15.3. The number of rotatable bonds is 4. The average molecular weight is 318 g/mol. The lowest BCUT2D eigenvalue weighted by atomic mass is 10.3. The van der Waals surface area contributed by atoms with E-state index in [-0.39, 0.29) is 23.3 Å². The van der Waals surface area contributed by atoms with Crippen molar-refractivity contribution in [1.82, 2.24) is 15.1 Å². The molecule has 0 saturated carbocycles. The van der Waals surface area contributed by atoms with E-state index in [1.807, 2.05) is 0 Å². The number of hydrogen-bond donors (Lipinski definition) is 1. The van der Waals surface area contributed by atoms with Crippen molar-refractivity contribution in [1.29, 1.82) is 0 Å². The quantitative estimate of drug-likeness (QED) is 0.825. The number of nitrogens with one attached hydrogen (secondary N) is 1. The fourth-order valence-corrected chi connectivity index (χ4v) is 2.46. The van der Waals surface area contributed by atoms with E-state index in [0.717, 1.165) is 31.9 Å². The molecule has 3 rings (SSSR count). The van der Waals surface area contributed by atoms with Gasteiger partial charge < -0.3 is 19.4 Å². The van der Waals surface area contributed by atoms with Gasteiger partial charge in [-0.1, -0.05) is 0 Å². The summed E-state index contributed by atoms with van der Waals surface area (Å²) in [4.78, 5) is 26.0. The highest BCUT2D eigenvalue weighted by Crippen LogP contribution is 2.10. The van der Waals surface area contributed by atoms with Gasteiger partial charge in [0, 0.05) is 38.3 Å². The zero-order chi connectivity index (χ0) is 16.2. The Morgan fingerprint density at radius 3 is 2.74 bits per heavy atom. The maximum Gasteiger partial charge on any atom is 0.269 e. The predicted octanol–water partition coefficient (Wildman–Crippen LogP) is -0.337. The number of anilines is 1. The third-order valence-corrected chi connectivity index (χ3v) is 3.72. The second-order valence-corrected chi connectivity index (χ2v) is 5.23. The predicted molar refractivity (Wildman–Crippen MR) is 84.2 cm³/mol. The lowest BCUT2D eigenvalue weighted by molar-refractivity contribution is 0.373. The van der Waals surface area contributed by atoms with E-state index in [1.54, 1.807) is 12.3 Å². The van der Waals surface area contributed by atoms with Crippen molar-refractivity contribution in [2.24, 2.45) is 0 Å². The molecule has 0 radical (unpaired) electrons. The van der Waals surface area contributed by atoms with Crippen LogP contribution in [0, 0.1) is 0 Å². The molecule has 1 saturated heterocycles. The number of ether oxygens (including phenoxy) is 1. The Kier molecular flexibility index (Phi) is 4.42. The van der Waals surface area contributed by atoms with E-state index in [9.17, 15) is 9.59 Å². The highest BCUT2D eigenvalue weighted by atomic mass is 16.5. The summed E-state index contributed by atoms with van der Waals surface area (Å²) in [6, 6.07) is 2.86. The molecule has 1 N–H and O–H groups in total. The molecule has 2 aromatic rings. The van der Waals surface area contributed by atoms with Crippen LogP contribution >= 0.6 is 0 Å². The smallest absolute Gasteiger partial charge is 0.269 e. The Balaban J connectivity index is 1.79. The molecular formula is C15H18N4O4. The van der Waals surface area contributed by atoms with E-state index in [0.29, 0.717) is 5.76 Å². The van der Waals surface area contributed by atoms with Crippen LogP contribution in [0.4, 0.5) is 5.69 Å². The molecule has 0 aromatic carbocycles. The first-order valence-corrected chi connectivity index (χ1v) is 7.36. The molecule has 2 aromatic heterocycles. The maximum absolute atomic E-state index is 12.2. The molecule has 8 heteroatoms. The third-order valence-electron chi connectivity index (χ3n) is 3.72. The van der Waals surface area contributed by atoms with Crippen LogP contribution in [-0.2, 0) is 6.54 Å². The Morgan fingerprint density at radius 1 is 1.30 bits per heavy atom. The van der Waals surface area contributed by atoms with Gasteiger partial charge in [0.15, 0.2) is 0 Å². The monoisotopic (exact) mass is 318 g/mol. The van der Waals surface area contributed by atoms with Crippen molar-refractivity contribution in [3.63, 3.8) is 0 Å². The number of methoxy groups -OCH3 is 1. The number of nitrogens with zero attached hydrogens (tertiary/aromatic N) is 3. The van der Waals surface area contributed by atoms with Crippen LogP contribution < -0.4 is 25.9 Å². The largest absolute Gasteiger partial charge is 0.490 e. The van der Waals surface area contributed by atoms with Crippen molar-refractivity contribution in [2.45, 2.75) is 6.54 Å². The number of hydrogen-bond acceptors (Lipinski definition) is 7. The van der Waals surface area contributed by atoms with E-state index in [2.05, 4.69) is 15.3 Å². The van der Waals surface area contributed by atoms with Gasteiger partial charge in [-0.05, 0) is 0 Å². The van der Waals surface area contributed by atoms with Gasteiger partial charge in [-0.15, -0.1) is 0 Å². The fraction of sp³-hybridized carbons (Fsp3) is 0.400. The van der Waals surface area contributed by atoms with Gasteiger partial charge >= 0.3 is 0 Å². The molecule has 3 heterocycles. The molecular weight excluding hydrogens is 300 g/mol. The minimum atomic E-state index is -0.292. The molecule has 1 aliphatic rings. The van der Waals surface area contributed by atoms with Crippen LogP contribution in [0.15, 0.2) is 38.6 Å². The molecule has 8 nitrogen and oxygen atoms in total. The molecule has 122 valence electrons. The van der Waals surface area contributed by atoms with Crippen molar-refractivity contribution in [3.05, 3.63) is 50.9 Å². The van der Waals surface area contributed by atoms with E-state index < -0.39 is 0 Å². The first-order chi connectivity index (χ1) is 11.2. The molecule has 0 amide bonds. The molecule has 0 spiro atoms. The zero-order valence-corrected chi connectivity index (χ0v) is 12.8. The van der Waals surface area contributed by atoms with Crippen molar-refractivity contribution >= 4 is 5.69 Å². The fourth-order valence-electron chi connectivity index (χ4n) is 2.46. The Hall–Kier alpha value is -2.61. The van der Waals surface area contributed by atoms with E-state index >= 15 is 0 Å². The van der Waals surface area contributed by atoms with Gasteiger partial charge in [-0.25, -0.2) is 4.68 Å². The van der Waals surface area contributed by atoms with Crippen molar-refractivity contribution in [2.75, 3.05) is 38.2 Å². The van der Waals surface area contributed by atoms with Gasteiger partial charge in [0.25, 0.3) is 5.56 Å². The molecule has 23 heavy (non-hydrogen) atoms. The van der Waals surface area contributed by atoms with E-state index in [4.69, 9.17) is 9.15 Å². The van der Waals surface area contributed by atoms with Gasteiger partial charge in [0.2, 0.25) is 11.2 Å². The Morgan fingerprint density at radius 2 is 2.09 bits per heavy atom. The summed E-state index contributed by atoms with van der Waals surface area (Å²) in [5.74, 6) is 0.475. The average Bonchev–Trinajstić information content (AvgIpc) is 2.58. The lowest BCUT2D eigenvalue weighted by Gasteiger charge is -2.28. The van der Waals surface area contributed by atoms with Gasteiger partial charge in [-0.2, -0.15) is 5.10 Å². The molecule has 1 fully saturated rings. The molecule has 1 aliphatic heterocycles. The highest BCUT2D eigenvalue weighted by molar-refractivity contribution is 5.43. The molecule has 0 unspecified atom stereocenters. The molecule has 0 bridgehead atoms. The third kappa shape index (κ3) is 3.42. The lowest BCUT2D eigenvalue weighted by Crippen LogP contribution is -2.44. The summed E-state index contributed by atoms with van der Waals surface area (Å²) >= 11 is 0. The second-order valence-electron chi connectivity index (χ2n) is 5.23. The zero-order valence-electron chi connectivity index (χ0n) is 12.8. The molecule has 0 atom stereocenters. The summed E-state index contributed by atoms with van der Waals surface area (Å²) in [7, 11) is 1.40. The van der Waals surface area contributed by atoms with Gasteiger partial charge in [0.05, 0.1) is 19.0 Å². The van der Waals surface area contributed by atoms with Crippen LogP contribution in [0.5, 0.6) is 5.75 Å². The van der Waals surface area contributed by atoms with Crippen molar-refractivity contribution in [3.8, 4) is 5.75 Å². The minimum absolute atomic E-state index is 0.0971. The van der Waals surface area contributed by atoms with Gasteiger partial charge in [-0.3, -0.25) is 9.59 Å². The topological polar surface area (TPSA) is 89.6 Å². The molecule has 0 aliphatic carbocycles. The summed E-state index contributed by atoms with van der Waals surface area (Å²) in [5.41, 5.74) is 0.280. The van der Waals surface area contributed by atoms with Crippen LogP contribution in [0.1, 0.15) is 5.76 Å². The SMILES string of the molecule is COc1coc(Cn2ncc(N3CCNCC3)cc2=O)cc1=O. The van der Waals surface area contributed by atoms with Crippen LogP contribution in [-0.4, -0.2) is 43.1 Å². The second kappa shape index (κ2) is 6.66. The number of aromatic nitrogens is 2. The minimum Gasteiger partial charge on any atom is -0.490 e. The summed E-state index contributed by atoms with van der Waals surface area (Å²) in [5, 5.41) is 7.43. The van der Waals surface area contributed by atoms with E-state index in [1.165, 1.54) is 24.1 Å². The number of piperazine rings is 1. The summed E-state index contributed by atoms with van der Waals surface area (Å²) in [6.45, 7) is 3.57. The summed E-state index contributed by atoms with van der Waals surface area (Å²) in [6.07, 6.45) is 2.89. The normalized spacial score (nSPS) is 14.7. The van der Waals surface area contributed by atoms with Crippen LogP contribution in [0.25, 0.3) is 0 Å².